The summed E-state index contributed by atoms with van der Waals surface area (Å²) >= 11 is 1.62. The molecule has 17 heavy (non-hydrogen) atoms. The quantitative estimate of drug-likeness (QED) is 0.886. The minimum absolute atomic E-state index is 0.234. The molecule has 0 saturated carbocycles. The molecule has 0 spiro atoms. The Morgan fingerprint density at radius 2 is 2.24 bits per heavy atom. The van der Waals surface area contributed by atoms with Gasteiger partial charge in [0.1, 0.15) is 0 Å². The highest BCUT2D eigenvalue weighted by Crippen LogP contribution is 2.21. The Bertz CT molecular complexity index is 564. The first-order chi connectivity index (χ1) is 8.08. The molecular weight excluding hydrogens is 236 g/mol. The number of aromatic nitrogens is 3. The number of rotatable bonds is 3. The number of primary amides is 1. The lowest BCUT2D eigenvalue weighted by molar-refractivity contribution is 0.0993. The minimum atomic E-state index is -0.549. The van der Waals surface area contributed by atoms with Crippen LogP contribution in [0.4, 0.5) is 0 Å². The summed E-state index contributed by atoms with van der Waals surface area (Å²) in [6.07, 6.45) is 2.18. The average molecular weight is 248 g/mol. The number of carbonyl (C=O) groups is 1. The molecule has 2 heterocycles. The molecule has 2 aromatic heterocycles. The van der Waals surface area contributed by atoms with E-state index in [0.29, 0.717) is 6.42 Å². The second-order valence-corrected chi connectivity index (χ2v) is 4.98. The van der Waals surface area contributed by atoms with Crippen LogP contribution in [0.3, 0.4) is 0 Å². The maximum atomic E-state index is 11.2. The van der Waals surface area contributed by atoms with E-state index in [1.165, 1.54) is 0 Å². The van der Waals surface area contributed by atoms with Crippen LogP contribution in [0.5, 0.6) is 0 Å². The zero-order valence-electron chi connectivity index (χ0n) is 9.60. The van der Waals surface area contributed by atoms with Crippen molar-refractivity contribution in [1.29, 1.82) is 0 Å². The zero-order valence-corrected chi connectivity index (χ0v) is 10.4. The van der Waals surface area contributed by atoms with Crippen LogP contribution in [0.2, 0.25) is 0 Å². The molecule has 0 aliphatic heterocycles. The van der Waals surface area contributed by atoms with Crippen molar-refractivity contribution in [1.82, 2.24) is 15.2 Å². The van der Waals surface area contributed by atoms with Gasteiger partial charge in [-0.1, -0.05) is 0 Å². The van der Waals surface area contributed by atoms with Gasteiger partial charge in [0, 0.05) is 17.5 Å². The van der Waals surface area contributed by atoms with Crippen molar-refractivity contribution >= 4 is 17.2 Å². The third-order valence-electron chi connectivity index (χ3n) is 2.39. The topological polar surface area (TPSA) is 81.8 Å². The van der Waals surface area contributed by atoms with E-state index in [-0.39, 0.29) is 5.69 Å². The first-order valence-electron chi connectivity index (χ1n) is 5.11. The Morgan fingerprint density at radius 3 is 2.82 bits per heavy atom. The van der Waals surface area contributed by atoms with Crippen molar-refractivity contribution in [2.24, 2.45) is 5.73 Å². The normalized spacial score (nSPS) is 10.5. The largest absolute Gasteiger partial charge is 0.364 e. The van der Waals surface area contributed by atoms with Gasteiger partial charge in [-0.05, 0) is 25.5 Å². The monoisotopic (exact) mass is 248 g/mol. The van der Waals surface area contributed by atoms with Crippen LogP contribution in [-0.2, 0) is 6.42 Å². The van der Waals surface area contributed by atoms with Crippen LogP contribution in [0, 0.1) is 13.8 Å². The molecule has 0 atom stereocenters. The second-order valence-electron chi connectivity index (χ2n) is 3.69. The van der Waals surface area contributed by atoms with Crippen LogP contribution in [0.25, 0.3) is 0 Å². The first kappa shape index (κ1) is 11.7. The summed E-state index contributed by atoms with van der Waals surface area (Å²) in [5, 5.41) is 8.46. The number of carbonyl (C=O) groups excluding carboxylic acids is 1. The number of hydrogen-bond acceptors (Lipinski definition) is 5. The Morgan fingerprint density at radius 1 is 1.47 bits per heavy atom. The molecule has 0 unspecified atom stereocenters. The van der Waals surface area contributed by atoms with Gasteiger partial charge in [0.05, 0.1) is 10.7 Å². The predicted molar refractivity (Wildman–Crippen MR) is 64.9 cm³/mol. The van der Waals surface area contributed by atoms with Crippen molar-refractivity contribution in [3.8, 4) is 0 Å². The van der Waals surface area contributed by atoms with E-state index in [2.05, 4.69) is 15.2 Å². The van der Waals surface area contributed by atoms with Gasteiger partial charge in [0.25, 0.3) is 5.91 Å². The molecule has 0 aliphatic rings. The van der Waals surface area contributed by atoms with E-state index in [1.54, 1.807) is 23.6 Å². The van der Waals surface area contributed by atoms with E-state index < -0.39 is 5.91 Å². The Kier molecular flexibility index (Phi) is 3.14. The molecular formula is C11H12N4OS. The molecule has 0 fully saturated rings. The number of thiazole rings is 1. The van der Waals surface area contributed by atoms with E-state index >= 15 is 0 Å². The maximum absolute atomic E-state index is 11.2. The summed E-state index contributed by atoms with van der Waals surface area (Å²) in [7, 11) is 0. The van der Waals surface area contributed by atoms with Gasteiger partial charge >= 0.3 is 0 Å². The number of nitrogens with zero attached hydrogens (tertiary/aromatic N) is 3. The van der Waals surface area contributed by atoms with Gasteiger partial charge < -0.3 is 5.73 Å². The van der Waals surface area contributed by atoms with E-state index in [0.717, 1.165) is 21.1 Å². The number of nitrogens with two attached hydrogens (primary N) is 1. The first-order valence-corrected chi connectivity index (χ1v) is 5.93. The Hall–Kier alpha value is -1.82. The molecule has 0 aromatic carbocycles. The Balaban J connectivity index is 2.36. The fourth-order valence-corrected chi connectivity index (χ4v) is 2.58. The molecule has 0 saturated heterocycles. The lowest BCUT2D eigenvalue weighted by Crippen LogP contribution is -2.16. The highest BCUT2D eigenvalue weighted by atomic mass is 32.1. The molecule has 0 aliphatic carbocycles. The number of hydrogen-bond donors (Lipinski definition) is 1. The fourth-order valence-electron chi connectivity index (χ4n) is 1.62. The van der Waals surface area contributed by atoms with Crippen molar-refractivity contribution in [2.45, 2.75) is 20.3 Å². The SMILES string of the molecule is Cc1nc(C)c(Cc2ccnnc2C(N)=O)s1. The van der Waals surface area contributed by atoms with Crippen molar-refractivity contribution in [3.05, 3.63) is 39.1 Å². The van der Waals surface area contributed by atoms with Crippen molar-refractivity contribution < 1.29 is 4.79 Å². The second kappa shape index (κ2) is 4.58. The van der Waals surface area contributed by atoms with Crippen LogP contribution >= 0.6 is 11.3 Å². The van der Waals surface area contributed by atoms with Gasteiger partial charge in [0.15, 0.2) is 5.69 Å². The molecule has 0 radical (unpaired) electrons. The molecule has 2 rings (SSSR count). The van der Waals surface area contributed by atoms with Crippen LogP contribution < -0.4 is 5.73 Å². The van der Waals surface area contributed by atoms with Crippen molar-refractivity contribution in [2.75, 3.05) is 0 Å². The van der Waals surface area contributed by atoms with Gasteiger partial charge in [-0.15, -0.1) is 16.4 Å². The zero-order chi connectivity index (χ0) is 12.4. The molecule has 1 amide bonds. The number of amides is 1. The lowest BCUT2D eigenvalue weighted by Gasteiger charge is -2.03. The average Bonchev–Trinajstić information content (AvgIpc) is 2.58. The highest BCUT2D eigenvalue weighted by molar-refractivity contribution is 7.11. The minimum Gasteiger partial charge on any atom is -0.364 e. The summed E-state index contributed by atoms with van der Waals surface area (Å²) in [5.41, 5.74) is 7.27. The molecule has 0 bridgehead atoms. The number of aryl methyl sites for hydroxylation is 2. The van der Waals surface area contributed by atoms with Crippen LogP contribution in [0.1, 0.15) is 31.6 Å². The van der Waals surface area contributed by atoms with Crippen molar-refractivity contribution in [3.63, 3.8) is 0 Å². The van der Waals surface area contributed by atoms with E-state index in [1.807, 2.05) is 13.8 Å². The summed E-state index contributed by atoms with van der Waals surface area (Å²) in [5.74, 6) is -0.549. The smallest absolute Gasteiger partial charge is 0.269 e. The third-order valence-corrected chi connectivity index (χ3v) is 3.46. The standard InChI is InChI=1S/C11H12N4OS/c1-6-9(17-7(2)14-6)5-8-3-4-13-15-10(8)11(12)16/h3-4H,5H2,1-2H3,(H2,12,16). The predicted octanol–water partition coefficient (Wildman–Crippen LogP) is 1.24. The molecule has 88 valence electrons. The third kappa shape index (κ3) is 2.47. The highest BCUT2D eigenvalue weighted by Gasteiger charge is 2.13. The molecule has 2 aromatic rings. The van der Waals surface area contributed by atoms with Gasteiger partial charge in [-0.3, -0.25) is 4.79 Å². The summed E-state index contributed by atoms with van der Waals surface area (Å²) in [6, 6.07) is 1.77. The van der Waals surface area contributed by atoms with Gasteiger partial charge in [0.2, 0.25) is 0 Å². The molecule has 6 heteroatoms. The summed E-state index contributed by atoms with van der Waals surface area (Å²) < 4.78 is 0. The molecule has 5 nitrogen and oxygen atoms in total. The van der Waals surface area contributed by atoms with Gasteiger partial charge in [-0.25, -0.2) is 4.98 Å². The van der Waals surface area contributed by atoms with E-state index in [9.17, 15) is 4.79 Å². The summed E-state index contributed by atoms with van der Waals surface area (Å²) in [6.45, 7) is 3.92. The van der Waals surface area contributed by atoms with Gasteiger partial charge in [-0.2, -0.15) is 5.10 Å². The Labute approximate surface area is 103 Å². The van der Waals surface area contributed by atoms with E-state index in [4.69, 9.17) is 5.73 Å². The lowest BCUT2D eigenvalue weighted by atomic mass is 10.1. The summed E-state index contributed by atoms with van der Waals surface area (Å²) in [4.78, 5) is 16.7. The molecule has 2 N–H and O–H groups in total. The maximum Gasteiger partial charge on any atom is 0.269 e. The van der Waals surface area contributed by atoms with Crippen LogP contribution in [0.15, 0.2) is 12.3 Å². The van der Waals surface area contributed by atoms with Crippen LogP contribution in [-0.4, -0.2) is 21.1 Å². The fraction of sp³-hybridized carbons (Fsp3) is 0.273.